The molecule has 2 N–H and O–H groups in total. The quantitative estimate of drug-likeness (QED) is 0.432. The van der Waals surface area contributed by atoms with E-state index in [1.54, 1.807) is 6.07 Å². The van der Waals surface area contributed by atoms with Gasteiger partial charge >= 0.3 is 0 Å². The SMILES string of the molecule is N#CC(O)C1CNC1. The van der Waals surface area contributed by atoms with E-state index < -0.39 is 6.10 Å². The van der Waals surface area contributed by atoms with Gasteiger partial charge in [-0.25, -0.2) is 0 Å². The molecule has 1 heterocycles. The molecule has 0 aliphatic carbocycles. The van der Waals surface area contributed by atoms with Gasteiger partial charge in [-0.1, -0.05) is 0 Å². The topological polar surface area (TPSA) is 56.0 Å². The van der Waals surface area contributed by atoms with Crippen LogP contribution in [0.4, 0.5) is 0 Å². The van der Waals surface area contributed by atoms with E-state index in [9.17, 15) is 0 Å². The molecule has 0 aromatic rings. The Labute approximate surface area is 47.9 Å². The summed E-state index contributed by atoms with van der Waals surface area (Å²) in [6, 6.07) is 1.78. The van der Waals surface area contributed by atoms with Gasteiger partial charge in [0.2, 0.25) is 0 Å². The normalized spacial score (nSPS) is 23.5. The van der Waals surface area contributed by atoms with Crippen LogP contribution in [0.5, 0.6) is 0 Å². The minimum atomic E-state index is -0.753. The molecule has 0 bridgehead atoms. The van der Waals surface area contributed by atoms with Crippen molar-refractivity contribution in [3.05, 3.63) is 0 Å². The number of hydrogen-bond donors (Lipinski definition) is 2. The first kappa shape index (κ1) is 5.54. The molecule has 0 aromatic carbocycles. The summed E-state index contributed by atoms with van der Waals surface area (Å²) in [5.41, 5.74) is 0. The molecule has 1 saturated heterocycles. The zero-order valence-corrected chi connectivity index (χ0v) is 4.46. The van der Waals surface area contributed by atoms with Gasteiger partial charge in [0.1, 0.15) is 6.10 Å². The predicted molar refractivity (Wildman–Crippen MR) is 28.0 cm³/mol. The first-order valence-electron chi connectivity index (χ1n) is 2.63. The predicted octanol–water partition coefficient (Wildman–Crippen LogP) is -0.910. The number of rotatable bonds is 1. The smallest absolute Gasteiger partial charge is 0.145 e. The molecular formula is C5H8N2O. The highest BCUT2D eigenvalue weighted by Gasteiger charge is 2.24. The lowest BCUT2D eigenvalue weighted by atomic mass is 9.98. The molecule has 1 unspecified atom stereocenters. The van der Waals surface area contributed by atoms with Crippen molar-refractivity contribution in [2.75, 3.05) is 13.1 Å². The third kappa shape index (κ3) is 0.808. The summed E-state index contributed by atoms with van der Waals surface area (Å²) in [7, 11) is 0. The molecule has 44 valence electrons. The maximum absolute atomic E-state index is 8.78. The first-order chi connectivity index (χ1) is 3.84. The highest BCUT2D eigenvalue weighted by Crippen LogP contribution is 2.06. The largest absolute Gasteiger partial charge is 0.378 e. The summed E-state index contributed by atoms with van der Waals surface area (Å²) < 4.78 is 0. The van der Waals surface area contributed by atoms with Crippen molar-refractivity contribution < 1.29 is 5.11 Å². The summed E-state index contributed by atoms with van der Waals surface area (Å²) in [4.78, 5) is 0. The van der Waals surface area contributed by atoms with E-state index in [0.717, 1.165) is 13.1 Å². The molecule has 0 aromatic heterocycles. The van der Waals surface area contributed by atoms with Crippen molar-refractivity contribution in [1.82, 2.24) is 5.32 Å². The first-order valence-corrected chi connectivity index (χ1v) is 2.63. The van der Waals surface area contributed by atoms with Gasteiger partial charge in [-0.3, -0.25) is 0 Å². The standard InChI is InChI=1S/C5H8N2O/c6-1-5(8)4-2-7-3-4/h4-5,7-8H,2-3H2. The average molecular weight is 112 g/mol. The second-order valence-electron chi connectivity index (χ2n) is 1.99. The van der Waals surface area contributed by atoms with Crippen molar-refractivity contribution in [3.8, 4) is 6.07 Å². The van der Waals surface area contributed by atoms with Crippen LogP contribution in [0.25, 0.3) is 0 Å². The summed E-state index contributed by atoms with van der Waals surface area (Å²) in [5.74, 6) is 0.181. The second-order valence-corrected chi connectivity index (χ2v) is 1.99. The Morgan fingerprint density at radius 3 is 2.50 bits per heavy atom. The molecule has 1 fully saturated rings. The van der Waals surface area contributed by atoms with Crippen molar-refractivity contribution in [2.45, 2.75) is 6.10 Å². The Bertz CT molecular complexity index is 114. The fraction of sp³-hybridized carbons (Fsp3) is 0.800. The third-order valence-electron chi connectivity index (χ3n) is 1.39. The molecule has 3 heteroatoms. The van der Waals surface area contributed by atoms with Crippen LogP contribution in [0.2, 0.25) is 0 Å². The number of nitrogens with zero attached hydrogens (tertiary/aromatic N) is 1. The fourth-order valence-electron chi connectivity index (χ4n) is 0.640. The van der Waals surface area contributed by atoms with Gasteiger partial charge in [0.15, 0.2) is 0 Å². The third-order valence-corrected chi connectivity index (χ3v) is 1.39. The van der Waals surface area contributed by atoms with Crippen LogP contribution in [-0.2, 0) is 0 Å². The number of nitrogens with one attached hydrogen (secondary N) is 1. The van der Waals surface area contributed by atoms with E-state index in [4.69, 9.17) is 10.4 Å². The summed E-state index contributed by atoms with van der Waals surface area (Å²) >= 11 is 0. The highest BCUT2D eigenvalue weighted by molar-refractivity contribution is 4.93. The maximum Gasteiger partial charge on any atom is 0.145 e. The second kappa shape index (κ2) is 2.12. The summed E-state index contributed by atoms with van der Waals surface area (Å²) in [6.45, 7) is 1.57. The molecule has 1 rings (SSSR count). The number of nitriles is 1. The molecule has 3 nitrogen and oxygen atoms in total. The zero-order chi connectivity index (χ0) is 5.98. The van der Waals surface area contributed by atoms with Crippen LogP contribution in [-0.4, -0.2) is 24.3 Å². The van der Waals surface area contributed by atoms with Crippen LogP contribution in [0.3, 0.4) is 0 Å². The Morgan fingerprint density at radius 1 is 1.75 bits per heavy atom. The lowest BCUT2D eigenvalue weighted by Gasteiger charge is -2.27. The Hall–Kier alpha value is -0.590. The molecule has 0 spiro atoms. The van der Waals surface area contributed by atoms with Gasteiger partial charge in [-0.2, -0.15) is 5.26 Å². The van der Waals surface area contributed by atoms with Crippen LogP contribution in [0.15, 0.2) is 0 Å². The molecule has 1 aliphatic heterocycles. The van der Waals surface area contributed by atoms with Gasteiger partial charge < -0.3 is 10.4 Å². The van der Waals surface area contributed by atoms with Gasteiger partial charge in [-0.15, -0.1) is 0 Å². The minimum Gasteiger partial charge on any atom is -0.378 e. The number of aliphatic hydroxyl groups excluding tert-OH is 1. The highest BCUT2D eigenvalue weighted by atomic mass is 16.3. The molecule has 0 saturated carbocycles. The van der Waals surface area contributed by atoms with E-state index in [-0.39, 0.29) is 5.92 Å². The van der Waals surface area contributed by atoms with E-state index in [1.807, 2.05) is 0 Å². The van der Waals surface area contributed by atoms with Crippen LogP contribution in [0, 0.1) is 17.2 Å². The maximum atomic E-state index is 8.78. The van der Waals surface area contributed by atoms with Gasteiger partial charge in [-0.05, 0) is 0 Å². The Balaban J connectivity index is 2.26. The lowest BCUT2D eigenvalue weighted by molar-refractivity contribution is 0.122. The molecule has 8 heavy (non-hydrogen) atoms. The van der Waals surface area contributed by atoms with Gasteiger partial charge in [0.25, 0.3) is 0 Å². The minimum absolute atomic E-state index is 0.181. The van der Waals surface area contributed by atoms with Crippen molar-refractivity contribution in [2.24, 2.45) is 5.92 Å². The average Bonchev–Trinajstić information content (AvgIpc) is 1.62. The molecule has 0 amide bonds. The van der Waals surface area contributed by atoms with E-state index >= 15 is 0 Å². The fourth-order valence-corrected chi connectivity index (χ4v) is 0.640. The van der Waals surface area contributed by atoms with Gasteiger partial charge in [0.05, 0.1) is 6.07 Å². The molecule has 1 aliphatic rings. The van der Waals surface area contributed by atoms with Gasteiger partial charge in [0, 0.05) is 19.0 Å². The number of hydrogen-bond acceptors (Lipinski definition) is 3. The Kier molecular flexibility index (Phi) is 1.47. The van der Waals surface area contributed by atoms with Crippen LogP contribution in [0.1, 0.15) is 0 Å². The van der Waals surface area contributed by atoms with Crippen LogP contribution < -0.4 is 5.32 Å². The Morgan fingerprint density at radius 2 is 2.38 bits per heavy atom. The zero-order valence-electron chi connectivity index (χ0n) is 4.46. The number of aliphatic hydroxyl groups is 1. The molecular weight excluding hydrogens is 104 g/mol. The van der Waals surface area contributed by atoms with E-state index in [2.05, 4.69) is 5.32 Å². The molecule has 0 radical (unpaired) electrons. The lowest BCUT2D eigenvalue weighted by Crippen LogP contribution is -2.47. The summed E-state index contributed by atoms with van der Waals surface area (Å²) in [6.07, 6.45) is -0.753. The summed E-state index contributed by atoms with van der Waals surface area (Å²) in [5, 5.41) is 19.9. The molecule has 1 atom stereocenters. The monoisotopic (exact) mass is 112 g/mol. The van der Waals surface area contributed by atoms with E-state index in [1.165, 1.54) is 0 Å². The van der Waals surface area contributed by atoms with Crippen molar-refractivity contribution in [3.63, 3.8) is 0 Å². The van der Waals surface area contributed by atoms with Crippen LogP contribution >= 0.6 is 0 Å². The van der Waals surface area contributed by atoms with Crippen molar-refractivity contribution >= 4 is 0 Å². The van der Waals surface area contributed by atoms with Crippen molar-refractivity contribution in [1.29, 1.82) is 5.26 Å². The van der Waals surface area contributed by atoms with E-state index in [0.29, 0.717) is 0 Å².